The molecule has 0 aromatic carbocycles. The van der Waals surface area contributed by atoms with E-state index in [0.717, 1.165) is 5.82 Å². The molecule has 0 bridgehead atoms. The minimum absolute atomic E-state index is 0.386. The molecule has 1 aromatic rings. The second kappa shape index (κ2) is 3.83. The van der Waals surface area contributed by atoms with E-state index in [2.05, 4.69) is 29.1 Å². The highest BCUT2D eigenvalue weighted by Gasteiger charge is 2.45. The fraction of sp³-hybridized carbons (Fsp3) is 0.600. The molecule has 1 unspecified atom stereocenters. The Morgan fingerprint density at radius 1 is 1.53 bits per heavy atom. The van der Waals surface area contributed by atoms with Gasteiger partial charge in [-0.2, -0.15) is 0 Å². The lowest BCUT2D eigenvalue weighted by molar-refractivity contribution is 0.629. The van der Waals surface area contributed by atoms with E-state index in [4.69, 9.17) is 11.6 Å². The lowest BCUT2D eigenvalue weighted by atomic mass is 10.2. The monoisotopic (exact) mass is 243 g/mol. The lowest BCUT2D eigenvalue weighted by Gasteiger charge is -2.08. The Kier molecular flexibility index (Phi) is 2.81. The first-order valence-electron chi connectivity index (χ1n) is 4.86. The zero-order chi connectivity index (χ0) is 11.1. The highest BCUT2D eigenvalue weighted by atomic mass is 35.5. The third-order valence-corrected chi connectivity index (χ3v) is 3.43. The maximum absolute atomic E-state index is 5.90. The van der Waals surface area contributed by atoms with Crippen LogP contribution in [0.3, 0.4) is 0 Å². The Balaban J connectivity index is 2.11. The summed E-state index contributed by atoms with van der Waals surface area (Å²) in [5, 5.41) is 4.58. The van der Waals surface area contributed by atoms with E-state index in [9.17, 15) is 0 Å². The van der Waals surface area contributed by atoms with Crippen LogP contribution >= 0.6 is 23.4 Å². The van der Waals surface area contributed by atoms with Crippen molar-refractivity contribution in [2.45, 2.75) is 31.5 Å². The number of hydrogen-bond donors (Lipinski definition) is 1. The predicted octanol–water partition coefficient (Wildman–Crippen LogP) is 3.06. The first-order valence-corrected chi connectivity index (χ1v) is 6.46. The molecule has 15 heavy (non-hydrogen) atoms. The number of rotatable bonds is 3. The molecule has 0 radical (unpaired) electrons. The summed E-state index contributed by atoms with van der Waals surface area (Å²) < 4.78 is 0. The van der Waals surface area contributed by atoms with Crippen molar-refractivity contribution >= 4 is 29.2 Å². The van der Waals surface area contributed by atoms with Gasteiger partial charge in [0.05, 0.1) is 0 Å². The number of nitrogens with zero attached hydrogens (tertiary/aromatic N) is 2. The standard InChI is InChI=1S/C10H14ClN3S/c1-10(2)5-6(10)12-8-4-7(11)13-9(14-8)15-3/h4,6H,5H2,1-3H3,(H,12,13,14). The average Bonchev–Trinajstić information content (AvgIpc) is 2.72. The van der Waals surface area contributed by atoms with Crippen molar-refractivity contribution in [1.82, 2.24) is 9.97 Å². The van der Waals surface area contributed by atoms with E-state index < -0.39 is 0 Å². The Labute approximate surface area is 99.0 Å². The van der Waals surface area contributed by atoms with Gasteiger partial charge in [0.1, 0.15) is 11.0 Å². The van der Waals surface area contributed by atoms with E-state index in [0.29, 0.717) is 21.8 Å². The van der Waals surface area contributed by atoms with E-state index in [1.807, 2.05) is 6.26 Å². The molecule has 1 N–H and O–H groups in total. The minimum Gasteiger partial charge on any atom is -0.367 e. The smallest absolute Gasteiger partial charge is 0.190 e. The van der Waals surface area contributed by atoms with Crippen LogP contribution in [0.25, 0.3) is 0 Å². The van der Waals surface area contributed by atoms with Gasteiger partial charge in [0.25, 0.3) is 0 Å². The molecule has 1 saturated carbocycles. The quantitative estimate of drug-likeness (QED) is 0.503. The first-order chi connectivity index (χ1) is 7.01. The van der Waals surface area contributed by atoms with Gasteiger partial charge in [-0.1, -0.05) is 37.2 Å². The Bertz CT molecular complexity index is 381. The summed E-state index contributed by atoms with van der Waals surface area (Å²) in [4.78, 5) is 8.45. The molecule has 1 aromatic heterocycles. The van der Waals surface area contributed by atoms with Gasteiger partial charge in [0.2, 0.25) is 0 Å². The van der Waals surface area contributed by atoms with Crippen molar-refractivity contribution in [2.24, 2.45) is 5.41 Å². The maximum atomic E-state index is 5.90. The molecule has 82 valence electrons. The molecule has 1 aliphatic rings. The van der Waals surface area contributed by atoms with Gasteiger partial charge in [-0.25, -0.2) is 9.97 Å². The van der Waals surface area contributed by atoms with Gasteiger partial charge in [-0.15, -0.1) is 0 Å². The topological polar surface area (TPSA) is 37.8 Å². The summed E-state index contributed by atoms with van der Waals surface area (Å²) in [5.41, 5.74) is 0.386. The normalized spacial score (nSPS) is 22.5. The largest absolute Gasteiger partial charge is 0.367 e. The predicted molar refractivity (Wildman–Crippen MR) is 64.6 cm³/mol. The lowest BCUT2D eigenvalue weighted by Crippen LogP contribution is -2.10. The second-order valence-corrected chi connectivity index (χ2v) is 5.61. The van der Waals surface area contributed by atoms with Crippen molar-refractivity contribution in [1.29, 1.82) is 0 Å². The molecule has 1 aliphatic carbocycles. The maximum Gasteiger partial charge on any atom is 0.190 e. The summed E-state index contributed by atoms with van der Waals surface area (Å²) in [6.07, 6.45) is 3.12. The van der Waals surface area contributed by atoms with E-state index in [-0.39, 0.29) is 0 Å². The molecule has 0 spiro atoms. The summed E-state index contributed by atoms with van der Waals surface area (Å²) in [5.74, 6) is 0.829. The third-order valence-electron chi connectivity index (χ3n) is 2.69. The van der Waals surface area contributed by atoms with Gasteiger partial charge in [-0.3, -0.25) is 0 Å². The number of halogens is 1. The molecule has 5 heteroatoms. The third kappa shape index (κ3) is 2.55. The molecule has 1 heterocycles. The minimum atomic E-state index is 0.386. The molecule has 1 fully saturated rings. The van der Waals surface area contributed by atoms with Gasteiger partial charge in [0.15, 0.2) is 5.16 Å². The van der Waals surface area contributed by atoms with E-state index in [1.165, 1.54) is 18.2 Å². The fourth-order valence-electron chi connectivity index (χ4n) is 1.45. The molecule has 3 nitrogen and oxygen atoms in total. The van der Waals surface area contributed by atoms with Crippen molar-refractivity contribution < 1.29 is 0 Å². The molecular formula is C10H14ClN3S. The van der Waals surface area contributed by atoms with Crippen molar-refractivity contribution in [3.8, 4) is 0 Å². The van der Waals surface area contributed by atoms with Gasteiger partial charge >= 0.3 is 0 Å². The average molecular weight is 244 g/mol. The zero-order valence-corrected chi connectivity index (χ0v) is 10.6. The van der Waals surface area contributed by atoms with Crippen molar-refractivity contribution in [2.75, 3.05) is 11.6 Å². The molecule has 2 rings (SSSR count). The summed E-state index contributed by atoms with van der Waals surface area (Å²) >= 11 is 7.40. The number of nitrogens with one attached hydrogen (secondary N) is 1. The summed E-state index contributed by atoms with van der Waals surface area (Å²) in [7, 11) is 0. The van der Waals surface area contributed by atoms with Crippen LogP contribution < -0.4 is 5.32 Å². The summed E-state index contributed by atoms with van der Waals surface area (Å²) in [6.45, 7) is 4.48. The van der Waals surface area contributed by atoms with Crippen LogP contribution in [0.1, 0.15) is 20.3 Å². The van der Waals surface area contributed by atoms with E-state index >= 15 is 0 Å². The highest BCUT2D eigenvalue weighted by molar-refractivity contribution is 7.98. The van der Waals surface area contributed by atoms with Crippen LogP contribution in [0.2, 0.25) is 5.15 Å². The van der Waals surface area contributed by atoms with E-state index in [1.54, 1.807) is 6.07 Å². The molecular weight excluding hydrogens is 230 g/mol. The van der Waals surface area contributed by atoms with Gasteiger partial charge in [0, 0.05) is 12.1 Å². The Hall–Kier alpha value is -0.480. The van der Waals surface area contributed by atoms with Crippen molar-refractivity contribution in [3.63, 3.8) is 0 Å². The SMILES string of the molecule is CSc1nc(Cl)cc(NC2CC2(C)C)n1. The van der Waals surface area contributed by atoms with Gasteiger partial charge in [-0.05, 0) is 18.1 Å². The van der Waals surface area contributed by atoms with Crippen molar-refractivity contribution in [3.05, 3.63) is 11.2 Å². The molecule has 0 saturated heterocycles. The number of anilines is 1. The van der Waals surface area contributed by atoms with Crippen LogP contribution in [0.5, 0.6) is 0 Å². The Morgan fingerprint density at radius 3 is 2.73 bits per heavy atom. The molecule has 0 aliphatic heterocycles. The van der Waals surface area contributed by atoms with Crippen LogP contribution in [-0.2, 0) is 0 Å². The second-order valence-electron chi connectivity index (χ2n) is 4.45. The first kappa shape index (κ1) is 11.0. The van der Waals surface area contributed by atoms with Crippen LogP contribution in [0.15, 0.2) is 11.2 Å². The molecule has 1 atom stereocenters. The van der Waals surface area contributed by atoms with Crippen LogP contribution in [-0.4, -0.2) is 22.3 Å². The number of aromatic nitrogens is 2. The fourth-order valence-corrected chi connectivity index (χ4v) is 2.07. The zero-order valence-electron chi connectivity index (χ0n) is 9.04. The Morgan fingerprint density at radius 2 is 2.20 bits per heavy atom. The number of thioether (sulfide) groups is 1. The summed E-state index contributed by atoms with van der Waals surface area (Å²) in [6, 6.07) is 2.29. The van der Waals surface area contributed by atoms with Gasteiger partial charge < -0.3 is 5.32 Å². The highest BCUT2D eigenvalue weighted by Crippen LogP contribution is 2.46. The molecule has 0 amide bonds. The number of hydrogen-bond acceptors (Lipinski definition) is 4. The van der Waals surface area contributed by atoms with Crippen LogP contribution in [0, 0.1) is 5.41 Å². The van der Waals surface area contributed by atoms with Crippen LogP contribution in [0.4, 0.5) is 5.82 Å².